The smallest absolute Gasteiger partial charge is 0.339 e. The summed E-state index contributed by atoms with van der Waals surface area (Å²) in [6.45, 7) is 4.79. The van der Waals surface area contributed by atoms with Crippen LogP contribution in [0.5, 0.6) is 0 Å². The van der Waals surface area contributed by atoms with Crippen molar-refractivity contribution >= 4 is 50.4 Å². The highest BCUT2D eigenvalue weighted by molar-refractivity contribution is 6.10. The van der Waals surface area contributed by atoms with Gasteiger partial charge in [0.1, 0.15) is 5.82 Å². The van der Waals surface area contributed by atoms with Gasteiger partial charge in [0.15, 0.2) is 6.10 Å². The van der Waals surface area contributed by atoms with E-state index in [1.807, 2.05) is 73.7 Å². The fourth-order valence-corrected chi connectivity index (χ4v) is 5.16. The number of fused-ring (bicyclic) bond motifs is 4. The summed E-state index contributed by atoms with van der Waals surface area (Å²) >= 11 is 0. The number of para-hydroxylation sites is 3. The number of aromatic nitrogens is 3. The van der Waals surface area contributed by atoms with Crippen LogP contribution in [-0.4, -0.2) is 32.5 Å². The summed E-state index contributed by atoms with van der Waals surface area (Å²) in [6.07, 6.45) is -0.615. The van der Waals surface area contributed by atoms with Crippen LogP contribution in [0.3, 0.4) is 0 Å². The summed E-state index contributed by atoms with van der Waals surface area (Å²) in [5, 5.41) is 5.15. The number of benzene rings is 4. The lowest BCUT2D eigenvalue weighted by Crippen LogP contribution is -2.32. The largest absolute Gasteiger partial charge is 0.449 e. The molecule has 0 fully saturated rings. The second-order valence-electron chi connectivity index (χ2n) is 9.43. The maximum Gasteiger partial charge on any atom is 0.339 e. The van der Waals surface area contributed by atoms with Crippen molar-refractivity contribution in [1.29, 1.82) is 0 Å². The number of aromatic amines is 1. The van der Waals surface area contributed by atoms with Crippen LogP contribution in [0.2, 0.25) is 0 Å². The van der Waals surface area contributed by atoms with E-state index in [-0.39, 0.29) is 5.91 Å². The van der Waals surface area contributed by atoms with E-state index in [1.165, 1.54) is 0 Å². The number of esters is 1. The summed E-state index contributed by atoms with van der Waals surface area (Å²) in [5.41, 5.74) is 5.56. The first-order valence-corrected chi connectivity index (χ1v) is 13.1. The van der Waals surface area contributed by atoms with Crippen LogP contribution in [0.25, 0.3) is 44.2 Å². The predicted molar refractivity (Wildman–Crippen MR) is 155 cm³/mol. The number of imidazole rings is 1. The molecule has 0 saturated heterocycles. The van der Waals surface area contributed by atoms with Gasteiger partial charge in [0.2, 0.25) is 0 Å². The van der Waals surface area contributed by atoms with E-state index >= 15 is 0 Å². The van der Waals surface area contributed by atoms with Crippen molar-refractivity contribution in [3.05, 3.63) is 96.6 Å². The molecule has 0 radical (unpaired) electrons. The molecular weight excluding hydrogens is 488 g/mol. The van der Waals surface area contributed by atoms with Gasteiger partial charge in [0.05, 0.1) is 16.6 Å². The second kappa shape index (κ2) is 10.1. The Hall–Kier alpha value is -4.91. The van der Waals surface area contributed by atoms with E-state index in [0.29, 0.717) is 29.1 Å². The van der Waals surface area contributed by atoms with Gasteiger partial charge in [-0.2, -0.15) is 0 Å². The van der Waals surface area contributed by atoms with Gasteiger partial charge >= 0.3 is 5.97 Å². The second-order valence-corrected chi connectivity index (χ2v) is 9.43. The number of carbonyl (C=O) groups excluding carboxylic acids is 2. The number of carbonyl (C=O) groups is 2. The lowest BCUT2D eigenvalue weighted by Gasteiger charge is -2.17. The van der Waals surface area contributed by atoms with Gasteiger partial charge in [0.25, 0.3) is 5.91 Å². The molecule has 0 aliphatic heterocycles. The van der Waals surface area contributed by atoms with Gasteiger partial charge in [-0.05, 0) is 55.8 Å². The molecule has 0 aliphatic rings. The Morgan fingerprint density at radius 2 is 1.64 bits per heavy atom. The summed E-state index contributed by atoms with van der Waals surface area (Å²) in [4.78, 5) is 34.4. The SMILES string of the molecule is CCC(OC(=O)c1ccccc1-c1nc2ccccc2[nH]1)C(=O)Nc1ccc2c(c1)c1ccccc1n2CC. The van der Waals surface area contributed by atoms with E-state index in [4.69, 9.17) is 4.74 Å². The van der Waals surface area contributed by atoms with Crippen molar-refractivity contribution in [3.8, 4) is 11.4 Å². The van der Waals surface area contributed by atoms with Crippen molar-refractivity contribution < 1.29 is 14.3 Å². The number of nitrogens with zero attached hydrogens (tertiary/aromatic N) is 2. The first kappa shape index (κ1) is 24.4. The number of hydrogen-bond acceptors (Lipinski definition) is 4. The number of rotatable bonds is 7. The highest BCUT2D eigenvalue weighted by atomic mass is 16.5. The van der Waals surface area contributed by atoms with Crippen LogP contribution in [-0.2, 0) is 16.1 Å². The zero-order chi connectivity index (χ0) is 26.9. The third kappa shape index (κ3) is 4.42. The fraction of sp³-hybridized carbons (Fsp3) is 0.156. The fourth-order valence-electron chi connectivity index (χ4n) is 5.16. The van der Waals surface area contributed by atoms with E-state index in [2.05, 4.69) is 38.9 Å². The Morgan fingerprint density at radius 3 is 2.46 bits per heavy atom. The van der Waals surface area contributed by atoms with Crippen LogP contribution >= 0.6 is 0 Å². The number of hydrogen-bond donors (Lipinski definition) is 2. The first-order chi connectivity index (χ1) is 19.1. The molecule has 2 aromatic heterocycles. The predicted octanol–water partition coefficient (Wildman–Crippen LogP) is 6.93. The van der Waals surface area contributed by atoms with E-state index in [1.54, 1.807) is 12.1 Å². The Balaban J connectivity index is 1.24. The molecule has 194 valence electrons. The van der Waals surface area contributed by atoms with E-state index in [0.717, 1.165) is 39.4 Å². The highest BCUT2D eigenvalue weighted by Crippen LogP contribution is 2.31. The third-order valence-electron chi connectivity index (χ3n) is 7.06. The van der Waals surface area contributed by atoms with Crippen LogP contribution in [0.1, 0.15) is 30.6 Å². The third-order valence-corrected chi connectivity index (χ3v) is 7.06. The minimum atomic E-state index is -0.950. The molecule has 7 heteroatoms. The highest BCUT2D eigenvalue weighted by Gasteiger charge is 2.25. The molecule has 1 unspecified atom stereocenters. The van der Waals surface area contributed by atoms with Crippen LogP contribution in [0.4, 0.5) is 5.69 Å². The molecule has 39 heavy (non-hydrogen) atoms. The minimum absolute atomic E-state index is 0.335. The number of H-pyrrole nitrogens is 1. The number of amides is 1. The maximum atomic E-state index is 13.3. The van der Waals surface area contributed by atoms with Crippen molar-refractivity contribution in [2.75, 3.05) is 5.32 Å². The van der Waals surface area contributed by atoms with E-state index < -0.39 is 12.1 Å². The normalized spacial score (nSPS) is 12.2. The van der Waals surface area contributed by atoms with Gasteiger partial charge in [-0.15, -0.1) is 0 Å². The van der Waals surface area contributed by atoms with Crippen molar-refractivity contribution in [2.45, 2.75) is 32.9 Å². The Labute approximate surface area is 225 Å². The molecule has 1 atom stereocenters. The number of nitrogens with one attached hydrogen (secondary N) is 2. The monoisotopic (exact) mass is 516 g/mol. The lowest BCUT2D eigenvalue weighted by molar-refractivity contribution is -0.124. The number of ether oxygens (including phenoxy) is 1. The Kier molecular flexibility index (Phi) is 6.32. The van der Waals surface area contributed by atoms with E-state index in [9.17, 15) is 9.59 Å². The molecule has 2 N–H and O–H groups in total. The van der Waals surface area contributed by atoms with Gasteiger partial charge in [0, 0.05) is 39.6 Å². The summed E-state index contributed by atoms with van der Waals surface area (Å²) in [7, 11) is 0. The van der Waals surface area contributed by atoms with Crippen molar-refractivity contribution in [2.24, 2.45) is 0 Å². The van der Waals surface area contributed by atoms with Gasteiger partial charge in [-0.1, -0.05) is 55.5 Å². The summed E-state index contributed by atoms with van der Waals surface area (Å²) in [5.74, 6) is -0.374. The average molecular weight is 517 g/mol. The molecule has 6 rings (SSSR count). The van der Waals surface area contributed by atoms with Crippen LogP contribution in [0, 0.1) is 0 Å². The molecule has 2 heterocycles. The molecule has 0 spiro atoms. The number of anilines is 1. The van der Waals surface area contributed by atoms with Crippen LogP contribution in [0.15, 0.2) is 91.0 Å². The minimum Gasteiger partial charge on any atom is -0.449 e. The first-order valence-electron chi connectivity index (χ1n) is 13.1. The molecule has 7 nitrogen and oxygen atoms in total. The molecule has 1 amide bonds. The molecule has 0 aliphatic carbocycles. The lowest BCUT2D eigenvalue weighted by atomic mass is 10.1. The quantitative estimate of drug-likeness (QED) is 0.225. The zero-order valence-electron chi connectivity index (χ0n) is 21.8. The summed E-state index contributed by atoms with van der Waals surface area (Å²) < 4.78 is 7.99. The van der Waals surface area contributed by atoms with Gasteiger partial charge in [-0.3, -0.25) is 4.79 Å². The van der Waals surface area contributed by atoms with Crippen LogP contribution < -0.4 is 5.32 Å². The molecular formula is C32H28N4O3. The average Bonchev–Trinajstić information content (AvgIpc) is 3.54. The molecule has 0 saturated carbocycles. The molecule has 4 aromatic carbocycles. The van der Waals surface area contributed by atoms with Crippen molar-refractivity contribution in [1.82, 2.24) is 14.5 Å². The topological polar surface area (TPSA) is 89.0 Å². The Morgan fingerprint density at radius 1 is 0.897 bits per heavy atom. The summed E-state index contributed by atoms with van der Waals surface area (Å²) in [6, 6.07) is 28.9. The molecule has 0 bridgehead atoms. The maximum absolute atomic E-state index is 13.3. The zero-order valence-corrected chi connectivity index (χ0v) is 21.8. The van der Waals surface area contributed by atoms with Gasteiger partial charge in [-0.25, -0.2) is 9.78 Å². The number of aryl methyl sites for hydroxylation is 1. The molecule has 6 aromatic rings. The van der Waals surface area contributed by atoms with Crippen molar-refractivity contribution in [3.63, 3.8) is 0 Å². The standard InChI is InChI=1S/C32H28N4O3/c1-3-29(31(37)33-20-17-18-28-24(19-20)21-11-7-10-16-27(21)36(28)4-2)39-32(38)23-13-6-5-12-22(23)30-34-25-14-8-9-15-26(25)35-30/h5-19,29H,3-4H2,1-2H3,(H,33,37)(H,34,35). The Bertz CT molecular complexity index is 1820. The van der Waals surface area contributed by atoms with Gasteiger partial charge < -0.3 is 19.6 Å².